The van der Waals surface area contributed by atoms with E-state index in [0.29, 0.717) is 24.2 Å². The van der Waals surface area contributed by atoms with Gasteiger partial charge in [0.2, 0.25) is 0 Å². The normalized spacial score (nSPS) is 14.7. The fourth-order valence-corrected chi connectivity index (χ4v) is 3.62. The van der Waals surface area contributed by atoms with Gasteiger partial charge in [-0.25, -0.2) is 0 Å². The lowest BCUT2D eigenvalue weighted by atomic mass is 10.0. The van der Waals surface area contributed by atoms with Gasteiger partial charge in [-0.05, 0) is 57.8 Å². The van der Waals surface area contributed by atoms with Gasteiger partial charge >= 0.3 is 17.9 Å². The molecule has 0 aromatic heterocycles. The number of esters is 3. The first kappa shape index (κ1) is 28.4. The van der Waals surface area contributed by atoms with E-state index in [1.54, 1.807) is 0 Å². The van der Waals surface area contributed by atoms with Crippen molar-refractivity contribution >= 4 is 17.9 Å². The molecule has 0 aliphatic carbocycles. The third kappa shape index (κ3) is 14.4. The summed E-state index contributed by atoms with van der Waals surface area (Å²) in [6.07, 6.45) is 1.03. The van der Waals surface area contributed by atoms with Crippen LogP contribution in [0.25, 0.3) is 0 Å². The molecule has 0 saturated carbocycles. The summed E-state index contributed by atoms with van der Waals surface area (Å²) in [6, 6.07) is 0. The maximum atomic E-state index is 12.7. The van der Waals surface area contributed by atoms with Crippen LogP contribution in [0.1, 0.15) is 94.4 Å². The Morgan fingerprint density at radius 3 is 1.13 bits per heavy atom. The van der Waals surface area contributed by atoms with Crippen molar-refractivity contribution in [3.8, 4) is 0 Å². The van der Waals surface area contributed by atoms with E-state index >= 15 is 0 Å². The van der Waals surface area contributed by atoms with Crippen molar-refractivity contribution in [2.24, 2.45) is 23.7 Å². The van der Waals surface area contributed by atoms with Gasteiger partial charge in [0.1, 0.15) is 0 Å². The highest BCUT2D eigenvalue weighted by atomic mass is 16.6. The van der Waals surface area contributed by atoms with Gasteiger partial charge in [0.25, 0.3) is 0 Å². The summed E-state index contributed by atoms with van der Waals surface area (Å²) < 4.78 is 16.4. The van der Waals surface area contributed by atoms with Crippen LogP contribution in [-0.4, -0.2) is 36.2 Å². The van der Waals surface area contributed by atoms with Crippen LogP contribution in [-0.2, 0) is 28.6 Å². The highest BCUT2D eigenvalue weighted by Crippen LogP contribution is 2.19. The molecule has 3 atom stereocenters. The number of ether oxygens (including phenoxy) is 3. The Labute approximate surface area is 183 Å². The van der Waals surface area contributed by atoms with Gasteiger partial charge in [-0.1, -0.05) is 41.5 Å². The third-order valence-electron chi connectivity index (χ3n) is 4.55. The molecule has 0 spiro atoms. The van der Waals surface area contributed by atoms with Gasteiger partial charge in [-0.15, -0.1) is 0 Å². The molecule has 0 aromatic rings. The minimum Gasteiger partial charge on any atom is -0.463 e. The lowest BCUT2D eigenvalue weighted by molar-refractivity contribution is -0.165. The first-order chi connectivity index (χ1) is 13.8. The van der Waals surface area contributed by atoms with E-state index in [1.165, 1.54) is 0 Å². The number of hydrogen-bond donors (Lipinski definition) is 0. The number of carbonyl (C=O) groups excluding carboxylic acids is 3. The van der Waals surface area contributed by atoms with Crippen LogP contribution in [0.3, 0.4) is 0 Å². The van der Waals surface area contributed by atoms with Gasteiger partial charge in [0, 0.05) is 0 Å². The summed E-state index contributed by atoms with van der Waals surface area (Å²) in [6.45, 7) is 17.8. The zero-order valence-corrected chi connectivity index (χ0v) is 20.5. The van der Waals surface area contributed by atoms with Gasteiger partial charge in [-0.2, -0.15) is 0 Å². The van der Waals surface area contributed by atoms with E-state index in [0.717, 1.165) is 12.8 Å². The van der Waals surface area contributed by atoms with E-state index in [4.69, 9.17) is 14.2 Å². The molecule has 0 aliphatic rings. The molecular formula is C24H44O6. The number of carbonyl (C=O) groups is 3. The first-order valence-electron chi connectivity index (χ1n) is 11.4. The Bertz CT molecular complexity index is 494. The second-order valence-corrected chi connectivity index (χ2v) is 9.84. The highest BCUT2D eigenvalue weighted by molar-refractivity contribution is 5.84. The van der Waals surface area contributed by atoms with Crippen LogP contribution >= 0.6 is 0 Å². The Morgan fingerprint density at radius 2 is 0.833 bits per heavy atom. The van der Waals surface area contributed by atoms with E-state index in [2.05, 4.69) is 27.7 Å². The van der Waals surface area contributed by atoms with Gasteiger partial charge in [0.05, 0.1) is 37.1 Å². The predicted octanol–water partition coefficient (Wildman–Crippen LogP) is 5.32. The Balaban J connectivity index is 5.04. The molecule has 0 amide bonds. The third-order valence-corrected chi connectivity index (χ3v) is 4.55. The zero-order valence-electron chi connectivity index (χ0n) is 20.5. The van der Waals surface area contributed by atoms with Crippen molar-refractivity contribution in [3.63, 3.8) is 0 Å². The molecule has 0 bridgehead atoms. The molecule has 0 radical (unpaired) electrons. The average molecular weight is 429 g/mol. The summed E-state index contributed by atoms with van der Waals surface area (Å²) in [5.41, 5.74) is 0. The average Bonchev–Trinajstić information content (AvgIpc) is 2.50. The number of rotatable bonds is 14. The maximum absolute atomic E-state index is 12.7. The Morgan fingerprint density at radius 1 is 0.533 bits per heavy atom. The van der Waals surface area contributed by atoms with Crippen LogP contribution in [0.4, 0.5) is 0 Å². The van der Waals surface area contributed by atoms with E-state index in [9.17, 15) is 14.4 Å². The van der Waals surface area contributed by atoms with Crippen molar-refractivity contribution in [3.05, 3.63) is 0 Å². The standard InChI is InChI=1S/C24H44O6/c1-15(2)10-18(7)28-22(25)13-21(24(27)30-20(9)12-17(5)6)14-23(26)29-19(8)11-16(3)4/h15-21H,10-14H2,1-9H3/t18-,19-,20-/m0/s1. The van der Waals surface area contributed by atoms with Crippen molar-refractivity contribution in [2.75, 3.05) is 0 Å². The second-order valence-electron chi connectivity index (χ2n) is 9.84. The lowest BCUT2D eigenvalue weighted by Gasteiger charge is -2.22. The summed E-state index contributed by atoms with van der Waals surface area (Å²) in [4.78, 5) is 37.5. The monoisotopic (exact) mass is 428 g/mol. The van der Waals surface area contributed by atoms with E-state index in [1.807, 2.05) is 34.6 Å². The highest BCUT2D eigenvalue weighted by Gasteiger charge is 2.30. The van der Waals surface area contributed by atoms with Crippen LogP contribution in [0.15, 0.2) is 0 Å². The van der Waals surface area contributed by atoms with Gasteiger partial charge < -0.3 is 14.2 Å². The van der Waals surface area contributed by atoms with E-state index < -0.39 is 23.8 Å². The molecule has 6 heteroatoms. The summed E-state index contributed by atoms with van der Waals surface area (Å²) in [5, 5.41) is 0. The second kappa shape index (κ2) is 14.4. The van der Waals surface area contributed by atoms with Crippen LogP contribution in [0.2, 0.25) is 0 Å². The molecule has 0 saturated heterocycles. The Kier molecular flexibility index (Phi) is 13.7. The minimum absolute atomic E-state index is 0.191. The van der Waals surface area contributed by atoms with E-state index in [-0.39, 0.29) is 31.2 Å². The molecule has 0 aliphatic heterocycles. The molecule has 0 heterocycles. The first-order valence-corrected chi connectivity index (χ1v) is 11.4. The molecule has 0 aromatic carbocycles. The molecule has 176 valence electrons. The zero-order chi connectivity index (χ0) is 23.4. The predicted molar refractivity (Wildman–Crippen MR) is 118 cm³/mol. The van der Waals surface area contributed by atoms with Crippen molar-refractivity contribution in [1.82, 2.24) is 0 Å². The summed E-state index contributed by atoms with van der Waals surface area (Å²) in [7, 11) is 0. The molecule has 0 N–H and O–H groups in total. The quantitative estimate of drug-likeness (QED) is 0.275. The van der Waals surface area contributed by atoms with Crippen molar-refractivity contribution in [2.45, 2.75) is 113 Å². The van der Waals surface area contributed by atoms with Crippen molar-refractivity contribution < 1.29 is 28.6 Å². The molecule has 6 nitrogen and oxygen atoms in total. The fraction of sp³-hybridized carbons (Fsp3) is 0.875. The smallest absolute Gasteiger partial charge is 0.310 e. The Hall–Kier alpha value is -1.59. The van der Waals surface area contributed by atoms with Crippen molar-refractivity contribution in [1.29, 1.82) is 0 Å². The molecule has 0 fully saturated rings. The molecule has 30 heavy (non-hydrogen) atoms. The largest absolute Gasteiger partial charge is 0.463 e. The van der Waals surface area contributed by atoms with Gasteiger partial charge in [0.15, 0.2) is 0 Å². The molecular weight excluding hydrogens is 384 g/mol. The lowest BCUT2D eigenvalue weighted by Crippen LogP contribution is -2.30. The topological polar surface area (TPSA) is 78.9 Å². The SMILES string of the molecule is CC(C)C[C@H](C)OC(=O)CC(CC(=O)O[C@@H](C)CC(C)C)C(=O)O[C@@H](C)CC(C)C. The van der Waals surface area contributed by atoms with Crippen LogP contribution in [0, 0.1) is 23.7 Å². The molecule has 0 rings (SSSR count). The summed E-state index contributed by atoms with van der Waals surface area (Å²) in [5.74, 6) is -1.29. The maximum Gasteiger partial charge on any atom is 0.310 e. The number of hydrogen-bond acceptors (Lipinski definition) is 6. The molecule has 0 unspecified atom stereocenters. The minimum atomic E-state index is -0.905. The summed E-state index contributed by atoms with van der Waals surface area (Å²) >= 11 is 0. The van der Waals surface area contributed by atoms with Gasteiger partial charge in [-0.3, -0.25) is 14.4 Å². The van der Waals surface area contributed by atoms with Crippen LogP contribution in [0.5, 0.6) is 0 Å². The fourth-order valence-electron chi connectivity index (χ4n) is 3.62. The van der Waals surface area contributed by atoms with Crippen LogP contribution < -0.4 is 0 Å².